The van der Waals surface area contributed by atoms with Crippen molar-refractivity contribution < 1.29 is 4.79 Å². The van der Waals surface area contributed by atoms with E-state index in [1.807, 2.05) is 56.3 Å². The second-order valence-electron chi connectivity index (χ2n) is 4.86. The topological polar surface area (TPSA) is 41.1 Å². The number of hydrogen-bond acceptors (Lipinski definition) is 2. The average molecular weight is 303 g/mol. The molecule has 0 aliphatic rings. The Labute approximate surface area is 130 Å². The number of carbonyl (C=O) groups excluding carboxylic acids is 1. The Bertz CT molecular complexity index is 623. The van der Waals surface area contributed by atoms with Crippen LogP contribution in [-0.2, 0) is 11.3 Å². The normalized spacial score (nSPS) is 10.2. The molecule has 21 heavy (non-hydrogen) atoms. The van der Waals surface area contributed by atoms with Crippen molar-refractivity contribution in [3.8, 4) is 0 Å². The molecule has 0 unspecified atom stereocenters. The summed E-state index contributed by atoms with van der Waals surface area (Å²) < 4.78 is 0. The molecule has 0 fully saturated rings. The van der Waals surface area contributed by atoms with E-state index in [1.54, 1.807) is 0 Å². The van der Waals surface area contributed by atoms with Crippen LogP contribution in [0.2, 0.25) is 5.02 Å². The first-order valence-corrected chi connectivity index (χ1v) is 7.35. The fraction of sp³-hybridized carbons (Fsp3) is 0.235. The molecule has 0 aliphatic carbocycles. The van der Waals surface area contributed by atoms with Gasteiger partial charge < -0.3 is 10.6 Å². The molecule has 0 saturated carbocycles. The largest absolute Gasteiger partial charge is 0.381 e. The van der Waals surface area contributed by atoms with Crippen molar-refractivity contribution in [3.63, 3.8) is 0 Å². The molecule has 0 heterocycles. The molecule has 0 bridgehead atoms. The van der Waals surface area contributed by atoms with Gasteiger partial charge in [0.05, 0.1) is 0 Å². The highest BCUT2D eigenvalue weighted by Crippen LogP contribution is 2.24. The number of anilines is 2. The smallest absolute Gasteiger partial charge is 0.224 e. The maximum Gasteiger partial charge on any atom is 0.224 e. The maximum absolute atomic E-state index is 11.5. The van der Waals surface area contributed by atoms with E-state index >= 15 is 0 Å². The van der Waals surface area contributed by atoms with Crippen LogP contribution in [-0.4, -0.2) is 5.91 Å². The summed E-state index contributed by atoms with van der Waals surface area (Å²) in [7, 11) is 0. The van der Waals surface area contributed by atoms with Crippen LogP contribution in [0.5, 0.6) is 0 Å². The second-order valence-corrected chi connectivity index (χ2v) is 5.30. The van der Waals surface area contributed by atoms with Gasteiger partial charge in [0.1, 0.15) is 0 Å². The maximum atomic E-state index is 11.5. The second kappa shape index (κ2) is 7.14. The van der Waals surface area contributed by atoms with Crippen LogP contribution < -0.4 is 10.6 Å². The number of hydrogen-bond donors (Lipinski definition) is 2. The lowest BCUT2D eigenvalue weighted by molar-refractivity contribution is -0.115. The molecule has 0 spiro atoms. The summed E-state index contributed by atoms with van der Waals surface area (Å²) in [5, 5.41) is 7.03. The first kappa shape index (κ1) is 15.4. The average Bonchev–Trinajstić information content (AvgIpc) is 2.49. The van der Waals surface area contributed by atoms with E-state index in [4.69, 9.17) is 11.6 Å². The number of amides is 1. The Morgan fingerprint density at radius 2 is 1.76 bits per heavy atom. The third kappa shape index (κ3) is 4.23. The van der Waals surface area contributed by atoms with E-state index in [1.165, 1.54) is 0 Å². The lowest BCUT2D eigenvalue weighted by Gasteiger charge is -2.14. The summed E-state index contributed by atoms with van der Waals surface area (Å²) in [4.78, 5) is 11.5. The van der Waals surface area contributed by atoms with E-state index in [0.29, 0.717) is 13.0 Å². The Hall–Kier alpha value is -2.00. The molecule has 2 rings (SSSR count). The van der Waals surface area contributed by atoms with Gasteiger partial charge in [0.25, 0.3) is 0 Å². The Balaban J connectivity index is 2.08. The SMILES string of the molecule is CCC(=O)Nc1cccc(NCc2ccc(Cl)cc2)c1C. The number of carbonyl (C=O) groups is 1. The number of nitrogens with one attached hydrogen (secondary N) is 2. The first-order valence-electron chi connectivity index (χ1n) is 6.98. The fourth-order valence-corrected chi connectivity index (χ4v) is 2.13. The van der Waals surface area contributed by atoms with Gasteiger partial charge in [-0.25, -0.2) is 0 Å². The van der Waals surface area contributed by atoms with Crippen molar-refractivity contribution in [2.75, 3.05) is 10.6 Å². The lowest BCUT2D eigenvalue weighted by atomic mass is 10.1. The van der Waals surface area contributed by atoms with Crippen molar-refractivity contribution in [2.45, 2.75) is 26.8 Å². The molecule has 1 amide bonds. The molecule has 2 N–H and O–H groups in total. The minimum absolute atomic E-state index is 0.0213. The summed E-state index contributed by atoms with van der Waals surface area (Å²) in [5.74, 6) is 0.0213. The third-order valence-corrected chi connectivity index (χ3v) is 3.58. The zero-order chi connectivity index (χ0) is 15.2. The van der Waals surface area contributed by atoms with Crippen molar-refractivity contribution in [1.82, 2.24) is 0 Å². The highest BCUT2D eigenvalue weighted by molar-refractivity contribution is 6.30. The zero-order valence-corrected chi connectivity index (χ0v) is 13.0. The summed E-state index contributed by atoms with van der Waals surface area (Å²) in [5.41, 5.74) is 4.05. The number of halogens is 1. The Kier molecular flexibility index (Phi) is 5.23. The van der Waals surface area contributed by atoms with Crippen LogP contribution in [0, 0.1) is 6.92 Å². The van der Waals surface area contributed by atoms with Gasteiger partial charge in [-0.1, -0.05) is 36.7 Å². The van der Waals surface area contributed by atoms with Gasteiger partial charge in [0.2, 0.25) is 5.91 Å². The van der Waals surface area contributed by atoms with Gasteiger partial charge in [-0.2, -0.15) is 0 Å². The molecule has 0 radical (unpaired) electrons. The fourth-order valence-electron chi connectivity index (χ4n) is 2.00. The van der Waals surface area contributed by atoms with Gasteiger partial charge >= 0.3 is 0 Å². The summed E-state index contributed by atoms with van der Waals surface area (Å²) in [6.07, 6.45) is 0.474. The monoisotopic (exact) mass is 302 g/mol. The van der Waals surface area contributed by atoms with Crippen LogP contribution >= 0.6 is 11.6 Å². The quantitative estimate of drug-likeness (QED) is 0.847. The van der Waals surface area contributed by atoms with Crippen molar-refractivity contribution in [3.05, 3.63) is 58.6 Å². The molecular weight excluding hydrogens is 284 g/mol. The van der Waals surface area contributed by atoms with E-state index in [0.717, 1.165) is 27.5 Å². The van der Waals surface area contributed by atoms with Crippen LogP contribution in [0.15, 0.2) is 42.5 Å². The molecule has 3 nitrogen and oxygen atoms in total. The highest BCUT2D eigenvalue weighted by Gasteiger charge is 2.06. The molecular formula is C17H19ClN2O. The van der Waals surface area contributed by atoms with Crippen molar-refractivity contribution in [2.24, 2.45) is 0 Å². The van der Waals surface area contributed by atoms with Gasteiger partial charge in [-0.15, -0.1) is 0 Å². The van der Waals surface area contributed by atoms with Crippen molar-refractivity contribution >= 4 is 28.9 Å². The highest BCUT2D eigenvalue weighted by atomic mass is 35.5. The third-order valence-electron chi connectivity index (χ3n) is 3.33. The summed E-state index contributed by atoms with van der Waals surface area (Å²) in [6.45, 7) is 4.55. The molecule has 2 aromatic carbocycles. The summed E-state index contributed by atoms with van der Waals surface area (Å²) >= 11 is 5.88. The minimum Gasteiger partial charge on any atom is -0.381 e. The van der Waals surface area contributed by atoms with Crippen LogP contribution in [0.3, 0.4) is 0 Å². The predicted molar refractivity (Wildman–Crippen MR) is 88.9 cm³/mol. The van der Waals surface area contributed by atoms with Gasteiger partial charge in [0, 0.05) is 29.4 Å². The first-order chi connectivity index (χ1) is 10.1. The van der Waals surface area contributed by atoms with Gasteiger partial charge in [-0.05, 0) is 42.3 Å². The standard InChI is InChI=1S/C17H19ClN2O/c1-3-17(21)20-16-6-4-5-15(12(16)2)19-11-13-7-9-14(18)10-8-13/h4-10,19H,3,11H2,1-2H3,(H,20,21). The molecule has 0 saturated heterocycles. The Morgan fingerprint density at radius 3 is 2.43 bits per heavy atom. The molecule has 2 aromatic rings. The Morgan fingerprint density at radius 1 is 1.10 bits per heavy atom. The van der Waals surface area contributed by atoms with E-state index in [2.05, 4.69) is 10.6 Å². The molecule has 0 aliphatic heterocycles. The van der Waals surface area contributed by atoms with E-state index in [9.17, 15) is 4.79 Å². The molecule has 4 heteroatoms. The van der Waals surface area contributed by atoms with Crippen molar-refractivity contribution in [1.29, 1.82) is 0 Å². The van der Waals surface area contributed by atoms with Gasteiger partial charge in [0.15, 0.2) is 0 Å². The van der Waals surface area contributed by atoms with E-state index in [-0.39, 0.29) is 5.91 Å². The number of rotatable bonds is 5. The molecule has 0 atom stereocenters. The van der Waals surface area contributed by atoms with E-state index < -0.39 is 0 Å². The van der Waals surface area contributed by atoms with Crippen LogP contribution in [0.1, 0.15) is 24.5 Å². The molecule has 0 aromatic heterocycles. The van der Waals surface area contributed by atoms with Gasteiger partial charge in [-0.3, -0.25) is 4.79 Å². The van der Waals surface area contributed by atoms with Crippen LogP contribution in [0.4, 0.5) is 11.4 Å². The zero-order valence-electron chi connectivity index (χ0n) is 12.2. The molecule has 110 valence electrons. The minimum atomic E-state index is 0.0213. The summed E-state index contributed by atoms with van der Waals surface area (Å²) in [6, 6.07) is 13.6. The number of benzene rings is 2. The van der Waals surface area contributed by atoms with Crippen LogP contribution in [0.25, 0.3) is 0 Å². The lowest BCUT2D eigenvalue weighted by Crippen LogP contribution is -2.11. The predicted octanol–water partition coefficient (Wildman–Crippen LogP) is 4.61.